The molecule has 3 aromatic rings. The number of carbonyl (C=O) groups excluding carboxylic acids is 1. The van der Waals surface area contributed by atoms with Gasteiger partial charge in [0.2, 0.25) is 15.9 Å². The van der Waals surface area contributed by atoms with E-state index < -0.39 is 10.0 Å². The number of thiophene rings is 1. The molecule has 1 unspecified atom stereocenters. The Morgan fingerprint density at radius 3 is 2.50 bits per heavy atom. The maximum absolute atomic E-state index is 12.6. The van der Waals surface area contributed by atoms with E-state index in [2.05, 4.69) is 27.6 Å². The van der Waals surface area contributed by atoms with Crippen LogP contribution in [0.2, 0.25) is 0 Å². The smallest absolute Gasteiger partial charge is 0.240 e. The average molecular weight is 389 g/mol. The van der Waals surface area contributed by atoms with Gasteiger partial charge >= 0.3 is 0 Å². The maximum Gasteiger partial charge on any atom is 0.240 e. The first kappa shape index (κ1) is 18.6. The number of carbonyl (C=O) groups is 1. The van der Waals surface area contributed by atoms with Crippen molar-refractivity contribution in [1.82, 2.24) is 4.72 Å². The quantitative estimate of drug-likeness (QED) is 0.675. The summed E-state index contributed by atoms with van der Waals surface area (Å²) in [6.07, 6.45) is 0.618. The Bertz CT molecular complexity index is 1020. The maximum atomic E-state index is 12.6. The van der Waals surface area contributed by atoms with E-state index in [4.69, 9.17) is 0 Å². The number of hydrogen-bond acceptors (Lipinski definition) is 4. The molecule has 1 amide bonds. The van der Waals surface area contributed by atoms with Crippen LogP contribution in [0, 0.1) is 0 Å². The average Bonchev–Trinajstić information content (AvgIpc) is 2.97. The lowest BCUT2D eigenvalue weighted by Gasteiger charge is -2.14. The van der Waals surface area contributed by atoms with Crippen molar-refractivity contribution in [2.24, 2.45) is 0 Å². The van der Waals surface area contributed by atoms with Crippen LogP contribution in [0.5, 0.6) is 0 Å². The molecule has 3 rings (SSSR count). The predicted molar refractivity (Wildman–Crippen MR) is 106 cm³/mol. The number of sulfonamides is 1. The van der Waals surface area contributed by atoms with Crippen LogP contribution in [0.15, 0.2) is 58.8 Å². The summed E-state index contributed by atoms with van der Waals surface area (Å²) in [6, 6.07) is 14.0. The summed E-state index contributed by atoms with van der Waals surface area (Å²) < 4.78 is 29.1. The van der Waals surface area contributed by atoms with Gasteiger partial charge in [-0.3, -0.25) is 4.79 Å². The Labute approximate surface area is 157 Å². The highest BCUT2D eigenvalue weighted by Gasteiger charge is 2.18. The van der Waals surface area contributed by atoms with Crippen molar-refractivity contribution in [1.29, 1.82) is 0 Å². The van der Waals surface area contributed by atoms with Crippen LogP contribution < -0.4 is 10.0 Å². The van der Waals surface area contributed by atoms with Crippen molar-refractivity contribution >= 4 is 43.0 Å². The molecule has 0 aliphatic heterocycles. The summed E-state index contributed by atoms with van der Waals surface area (Å²) in [4.78, 5) is 11.2. The second-order valence-corrected chi connectivity index (χ2v) is 8.81. The van der Waals surface area contributed by atoms with Gasteiger partial charge in [0.25, 0.3) is 0 Å². The normalized spacial score (nSPS) is 12.8. The number of anilines is 1. The van der Waals surface area contributed by atoms with Crippen LogP contribution in [0.1, 0.15) is 19.4 Å². The van der Waals surface area contributed by atoms with Crippen LogP contribution >= 0.6 is 11.3 Å². The largest absolute Gasteiger partial charge is 0.326 e. The van der Waals surface area contributed by atoms with Gasteiger partial charge in [0.15, 0.2) is 0 Å². The van der Waals surface area contributed by atoms with E-state index in [1.807, 2.05) is 19.1 Å². The van der Waals surface area contributed by atoms with Gasteiger partial charge in [-0.05, 0) is 60.0 Å². The van der Waals surface area contributed by atoms with Crippen LogP contribution in [0.25, 0.3) is 10.1 Å². The number of benzene rings is 2. The van der Waals surface area contributed by atoms with Gasteiger partial charge in [0.05, 0.1) is 4.90 Å². The Kier molecular flexibility index (Phi) is 5.41. The minimum Gasteiger partial charge on any atom is -0.326 e. The first-order valence-electron chi connectivity index (χ1n) is 8.20. The lowest BCUT2D eigenvalue weighted by atomic mass is 10.1. The van der Waals surface area contributed by atoms with Crippen LogP contribution in [-0.2, 0) is 21.2 Å². The van der Waals surface area contributed by atoms with E-state index in [0.717, 1.165) is 5.56 Å². The molecule has 2 N–H and O–H groups in total. The molecule has 1 aromatic heterocycles. The van der Waals surface area contributed by atoms with E-state index in [1.54, 1.807) is 23.5 Å². The first-order chi connectivity index (χ1) is 12.3. The van der Waals surface area contributed by atoms with Gasteiger partial charge in [-0.25, -0.2) is 13.1 Å². The fraction of sp³-hybridized carbons (Fsp3) is 0.211. The molecule has 1 heterocycles. The molecule has 136 valence electrons. The molecule has 0 bridgehead atoms. The molecule has 5 nitrogen and oxygen atoms in total. The van der Waals surface area contributed by atoms with E-state index in [0.29, 0.717) is 12.1 Å². The molecule has 0 radical (unpaired) electrons. The lowest BCUT2D eigenvalue weighted by molar-refractivity contribution is -0.114. The van der Waals surface area contributed by atoms with Crippen LogP contribution in [0.3, 0.4) is 0 Å². The molecule has 26 heavy (non-hydrogen) atoms. The fourth-order valence-corrected chi connectivity index (χ4v) is 5.04. The number of hydrogen-bond donors (Lipinski definition) is 2. The molecule has 0 saturated heterocycles. The minimum atomic E-state index is -3.62. The van der Waals surface area contributed by atoms with Crippen molar-refractivity contribution in [3.8, 4) is 0 Å². The summed E-state index contributed by atoms with van der Waals surface area (Å²) in [6.45, 7) is 3.26. The summed E-state index contributed by atoms with van der Waals surface area (Å²) in [7, 11) is -3.62. The minimum absolute atomic E-state index is 0.175. The summed E-state index contributed by atoms with van der Waals surface area (Å²) in [5, 5.41) is 5.87. The third-order valence-corrected chi connectivity index (χ3v) is 6.55. The van der Waals surface area contributed by atoms with E-state index in [-0.39, 0.29) is 16.8 Å². The standard InChI is InChI=1S/C19H20N2O3S2/c1-13(11-15-12-25-19-6-4-3-5-18(15)19)21-26(23,24)17-9-7-16(8-10-17)20-14(2)22/h3-10,12-13,21H,11H2,1-2H3,(H,20,22). The van der Waals surface area contributed by atoms with Gasteiger partial charge in [0, 0.05) is 23.4 Å². The van der Waals surface area contributed by atoms with E-state index in [9.17, 15) is 13.2 Å². The molecule has 1 atom stereocenters. The van der Waals surface area contributed by atoms with Gasteiger partial charge in [-0.1, -0.05) is 18.2 Å². The van der Waals surface area contributed by atoms with Crippen LogP contribution in [-0.4, -0.2) is 20.4 Å². The van der Waals surface area contributed by atoms with E-state index >= 15 is 0 Å². The SMILES string of the molecule is CC(=O)Nc1ccc(S(=O)(=O)NC(C)Cc2csc3ccccc23)cc1. The summed E-state index contributed by atoms with van der Waals surface area (Å²) >= 11 is 1.66. The second kappa shape index (κ2) is 7.57. The fourth-order valence-electron chi connectivity index (χ4n) is 2.82. The molecule has 0 spiro atoms. The zero-order valence-corrected chi connectivity index (χ0v) is 16.2. The first-order valence-corrected chi connectivity index (χ1v) is 10.6. The Morgan fingerprint density at radius 2 is 1.81 bits per heavy atom. The third-order valence-electron chi connectivity index (χ3n) is 3.93. The summed E-state index contributed by atoms with van der Waals surface area (Å²) in [5.74, 6) is -0.199. The zero-order chi connectivity index (χ0) is 18.7. The van der Waals surface area contributed by atoms with Crippen molar-refractivity contribution in [2.75, 3.05) is 5.32 Å². The highest BCUT2D eigenvalue weighted by atomic mass is 32.2. The molecule has 7 heteroatoms. The zero-order valence-electron chi connectivity index (χ0n) is 14.5. The number of fused-ring (bicyclic) bond motifs is 1. The topological polar surface area (TPSA) is 75.3 Å². The molecule has 2 aromatic carbocycles. The Hall–Kier alpha value is -2.22. The highest BCUT2D eigenvalue weighted by molar-refractivity contribution is 7.89. The van der Waals surface area contributed by atoms with Crippen molar-refractivity contribution < 1.29 is 13.2 Å². The summed E-state index contributed by atoms with van der Waals surface area (Å²) in [5.41, 5.74) is 1.70. The monoisotopic (exact) mass is 388 g/mol. The Balaban J connectivity index is 1.71. The molecule has 0 aliphatic rings. The van der Waals surface area contributed by atoms with Crippen molar-refractivity contribution in [2.45, 2.75) is 31.2 Å². The van der Waals surface area contributed by atoms with Gasteiger partial charge in [0.1, 0.15) is 0 Å². The molecule has 0 aliphatic carbocycles. The van der Waals surface area contributed by atoms with Crippen molar-refractivity contribution in [3.63, 3.8) is 0 Å². The second-order valence-electron chi connectivity index (χ2n) is 6.19. The van der Waals surface area contributed by atoms with Crippen LogP contribution in [0.4, 0.5) is 5.69 Å². The van der Waals surface area contributed by atoms with Gasteiger partial charge < -0.3 is 5.32 Å². The molecule has 0 saturated carbocycles. The number of amides is 1. The van der Waals surface area contributed by atoms with E-state index in [1.165, 1.54) is 29.1 Å². The number of nitrogens with one attached hydrogen (secondary N) is 2. The van der Waals surface area contributed by atoms with Gasteiger partial charge in [-0.2, -0.15) is 0 Å². The molecule has 0 fully saturated rings. The Morgan fingerprint density at radius 1 is 1.12 bits per heavy atom. The predicted octanol–water partition coefficient (Wildman–Crippen LogP) is 3.77. The lowest BCUT2D eigenvalue weighted by Crippen LogP contribution is -2.34. The third kappa shape index (κ3) is 4.30. The molecular weight excluding hydrogens is 368 g/mol. The number of rotatable bonds is 6. The molecular formula is C19H20N2O3S2. The van der Waals surface area contributed by atoms with Gasteiger partial charge in [-0.15, -0.1) is 11.3 Å². The highest BCUT2D eigenvalue weighted by Crippen LogP contribution is 2.26. The van der Waals surface area contributed by atoms with Crippen molar-refractivity contribution in [3.05, 3.63) is 59.5 Å².